The van der Waals surface area contributed by atoms with Crippen LogP contribution < -0.4 is 5.73 Å². The fraction of sp³-hybridized carbons (Fsp3) is 0.227. The van der Waals surface area contributed by atoms with E-state index in [1.54, 1.807) is 4.90 Å². The molecule has 1 aromatic heterocycles. The molecule has 1 atom stereocenters. The smallest absolute Gasteiger partial charge is 0.382 e. The zero-order valence-corrected chi connectivity index (χ0v) is 16.3. The number of anilines is 1. The van der Waals surface area contributed by atoms with Crippen LogP contribution in [0.3, 0.4) is 0 Å². The van der Waals surface area contributed by atoms with Gasteiger partial charge < -0.3 is 15.4 Å². The summed E-state index contributed by atoms with van der Waals surface area (Å²) in [5.74, 6) is 0.129. The summed E-state index contributed by atoms with van der Waals surface area (Å²) in [5.41, 5.74) is 8.18. The van der Waals surface area contributed by atoms with Crippen LogP contribution in [0.5, 0.6) is 0 Å². The number of nitrogen functional groups attached to an aromatic ring is 1. The summed E-state index contributed by atoms with van der Waals surface area (Å²) in [6.07, 6.45) is -2.28. The van der Waals surface area contributed by atoms with Gasteiger partial charge in [-0.2, -0.15) is 13.2 Å². The van der Waals surface area contributed by atoms with E-state index in [0.717, 1.165) is 29.7 Å². The molecule has 31 heavy (non-hydrogen) atoms. The number of morpholine rings is 1. The highest BCUT2D eigenvalue weighted by atomic mass is 19.4. The fourth-order valence-corrected chi connectivity index (χ4v) is 3.40. The van der Waals surface area contributed by atoms with E-state index < -0.39 is 11.7 Å². The van der Waals surface area contributed by atoms with Gasteiger partial charge >= 0.3 is 6.18 Å². The summed E-state index contributed by atoms with van der Waals surface area (Å²) in [4.78, 5) is 21.4. The molecule has 0 saturated carbocycles. The van der Waals surface area contributed by atoms with Gasteiger partial charge in [-0.15, -0.1) is 0 Å². The Balaban J connectivity index is 1.59. The van der Waals surface area contributed by atoms with E-state index in [1.165, 1.54) is 18.3 Å². The second kappa shape index (κ2) is 8.35. The average Bonchev–Trinajstić information content (AvgIpc) is 2.79. The minimum atomic E-state index is -4.41. The van der Waals surface area contributed by atoms with Crippen LogP contribution in [0.1, 0.15) is 17.2 Å². The lowest BCUT2D eigenvalue weighted by Gasteiger charge is -2.30. The summed E-state index contributed by atoms with van der Waals surface area (Å²) < 4.78 is 44.2. The predicted molar refractivity (Wildman–Crippen MR) is 109 cm³/mol. The van der Waals surface area contributed by atoms with Crippen molar-refractivity contribution in [2.75, 3.05) is 25.4 Å². The predicted octanol–water partition coefficient (Wildman–Crippen LogP) is 3.94. The molecule has 1 fully saturated rings. The lowest BCUT2D eigenvalue weighted by atomic mass is 10.0. The second-order valence-corrected chi connectivity index (χ2v) is 7.15. The van der Waals surface area contributed by atoms with Crippen LogP contribution in [-0.4, -0.2) is 41.0 Å². The van der Waals surface area contributed by atoms with Crippen molar-refractivity contribution in [3.05, 3.63) is 65.9 Å². The Morgan fingerprint density at radius 2 is 1.74 bits per heavy atom. The molecule has 1 aliphatic heterocycles. The Hall–Kier alpha value is -3.46. The molecule has 1 amide bonds. The molecule has 2 heterocycles. The lowest BCUT2D eigenvalue weighted by Crippen LogP contribution is -2.37. The van der Waals surface area contributed by atoms with Gasteiger partial charge in [0.2, 0.25) is 6.41 Å². The van der Waals surface area contributed by atoms with Crippen molar-refractivity contribution in [2.24, 2.45) is 0 Å². The van der Waals surface area contributed by atoms with Crippen LogP contribution in [0.15, 0.2) is 54.7 Å². The van der Waals surface area contributed by atoms with Crippen LogP contribution >= 0.6 is 0 Å². The molecular formula is C22H19F3N4O2. The summed E-state index contributed by atoms with van der Waals surface area (Å²) in [7, 11) is 0. The number of nitrogens with two attached hydrogens (primary N) is 1. The Bertz CT molecular complexity index is 1070. The van der Waals surface area contributed by atoms with Crippen LogP contribution in [-0.2, 0) is 15.7 Å². The Morgan fingerprint density at radius 1 is 1.06 bits per heavy atom. The number of amides is 1. The zero-order chi connectivity index (χ0) is 22.0. The van der Waals surface area contributed by atoms with E-state index in [0.29, 0.717) is 36.6 Å². The van der Waals surface area contributed by atoms with Crippen molar-refractivity contribution >= 4 is 12.2 Å². The molecule has 4 rings (SSSR count). The fourth-order valence-electron chi connectivity index (χ4n) is 3.40. The lowest BCUT2D eigenvalue weighted by molar-refractivity contribution is -0.137. The summed E-state index contributed by atoms with van der Waals surface area (Å²) in [5, 5.41) is 0. The van der Waals surface area contributed by atoms with Crippen molar-refractivity contribution < 1.29 is 22.7 Å². The number of benzene rings is 2. The molecule has 0 radical (unpaired) electrons. The van der Waals surface area contributed by atoms with Gasteiger partial charge in [-0.3, -0.25) is 4.79 Å². The third kappa shape index (κ3) is 4.51. The van der Waals surface area contributed by atoms with E-state index in [2.05, 4.69) is 9.97 Å². The normalized spacial score (nSPS) is 16.9. The molecule has 160 valence electrons. The van der Waals surface area contributed by atoms with Gasteiger partial charge in [0, 0.05) is 17.7 Å². The molecular weight excluding hydrogens is 409 g/mol. The molecule has 9 heteroatoms. The number of hydrogen-bond acceptors (Lipinski definition) is 5. The number of carbonyl (C=O) groups is 1. The number of aromatic nitrogens is 2. The average molecular weight is 428 g/mol. The molecule has 3 aromatic rings. The maximum absolute atomic E-state index is 12.8. The largest absolute Gasteiger partial charge is 0.416 e. The van der Waals surface area contributed by atoms with Crippen molar-refractivity contribution in [3.8, 4) is 22.5 Å². The third-order valence-electron chi connectivity index (χ3n) is 5.11. The molecule has 6 nitrogen and oxygen atoms in total. The first-order chi connectivity index (χ1) is 14.8. The number of ether oxygens (including phenoxy) is 1. The molecule has 1 aliphatic rings. The van der Waals surface area contributed by atoms with Crippen molar-refractivity contribution in [1.29, 1.82) is 0 Å². The van der Waals surface area contributed by atoms with Crippen molar-refractivity contribution in [3.63, 3.8) is 0 Å². The minimum Gasteiger partial charge on any atom is -0.382 e. The Morgan fingerprint density at radius 3 is 2.39 bits per heavy atom. The van der Waals surface area contributed by atoms with Gasteiger partial charge in [-0.1, -0.05) is 36.4 Å². The standard InChI is InChI=1S/C22H19F3N4O2/c23-22(24,25)17-7-5-16(6-8-17)20-21(26)27-11-18(28-20)14-1-3-15(4-2-14)19-12-29(13-30)9-10-31-19/h1-8,11,13,19H,9-10,12H2,(H2,26,27). The molecule has 0 bridgehead atoms. The quantitative estimate of drug-likeness (QED) is 0.637. The monoisotopic (exact) mass is 428 g/mol. The molecule has 1 unspecified atom stereocenters. The van der Waals surface area contributed by atoms with E-state index in [4.69, 9.17) is 10.5 Å². The number of halogens is 3. The molecule has 2 aromatic carbocycles. The summed E-state index contributed by atoms with van der Waals surface area (Å²) in [6.45, 7) is 1.54. The SMILES string of the molecule is Nc1ncc(-c2ccc(C3CN(C=O)CCO3)cc2)nc1-c1ccc(C(F)(F)F)cc1. The maximum atomic E-state index is 12.8. The van der Waals surface area contributed by atoms with Crippen LogP contribution in [0.4, 0.5) is 19.0 Å². The van der Waals surface area contributed by atoms with Gasteiger partial charge in [-0.25, -0.2) is 9.97 Å². The summed E-state index contributed by atoms with van der Waals surface area (Å²) >= 11 is 0. The number of alkyl halides is 3. The highest BCUT2D eigenvalue weighted by Gasteiger charge is 2.30. The van der Waals surface area contributed by atoms with Gasteiger partial charge in [0.25, 0.3) is 0 Å². The van der Waals surface area contributed by atoms with E-state index in [9.17, 15) is 18.0 Å². The number of rotatable bonds is 4. The van der Waals surface area contributed by atoms with Crippen LogP contribution in [0.25, 0.3) is 22.5 Å². The molecule has 1 saturated heterocycles. The molecule has 2 N–H and O–H groups in total. The number of carbonyl (C=O) groups excluding carboxylic acids is 1. The molecule has 0 aliphatic carbocycles. The van der Waals surface area contributed by atoms with Gasteiger partial charge in [0.15, 0.2) is 0 Å². The van der Waals surface area contributed by atoms with Crippen molar-refractivity contribution in [1.82, 2.24) is 14.9 Å². The van der Waals surface area contributed by atoms with Gasteiger partial charge in [0.05, 0.1) is 30.6 Å². The van der Waals surface area contributed by atoms with Gasteiger partial charge in [0.1, 0.15) is 17.6 Å². The second-order valence-electron chi connectivity index (χ2n) is 7.15. The first-order valence-corrected chi connectivity index (χ1v) is 9.56. The van der Waals surface area contributed by atoms with Gasteiger partial charge in [-0.05, 0) is 17.7 Å². The molecule has 0 spiro atoms. The maximum Gasteiger partial charge on any atom is 0.416 e. The third-order valence-corrected chi connectivity index (χ3v) is 5.11. The minimum absolute atomic E-state index is 0.129. The van der Waals surface area contributed by atoms with E-state index >= 15 is 0 Å². The van der Waals surface area contributed by atoms with Crippen LogP contribution in [0.2, 0.25) is 0 Å². The number of nitrogens with zero attached hydrogens (tertiary/aromatic N) is 3. The topological polar surface area (TPSA) is 81.3 Å². The van der Waals surface area contributed by atoms with E-state index in [-0.39, 0.29) is 11.9 Å². The first kappa shape index (κ1) is 20.8. The highest BCUT2D eigenvalue weighted by Crippen LogP contribution is 2.32. The first-order valence-electron chi connectivity index (χ1n) is 9.56. The number of hydrogen-bond donors (Lipinski definition) is 1. The Kier molecular flexibility index (Phi) is 5.60. The van der Waals surface area contributed by atoms with Crippen LogP contribution in [0, 0.1) is 0 Å². The van der Waals surface area contributed by atoms with Crippen molar-refractivity contribution in [2.45, 2.75) is 12.3 Å². The Labute approximate surface area is 176 Å². The summed E-state index contributed by atoms with van der Waals surface area (Å²) in [6, 6.07) is 12.1. The highest BCUT2D eigenvalue weighted by molar-refractivity contribution is 5.73. The zero-order valence-electron chi connectivity index (χ0n) is 16.3. The van der Waals surface area contributed by atoms with E-state index in [1.807, 2.05) is 24.3 Å².